The summed E-state index contributed by atoms with van der Waals surface area (Å²) in [4.78, 5) is 28.9. The molecule has 1 amide bonds. The number of aryl methyl sites for hydroxylation is 2. The Labute approximate surface area is 199 Å². The van der Waals surface area contributed by atoms with E-state index in [-0.39, 0.29) is 11.7 Å². The summed E-state index contributed by atoms with van der Waals surface area (Å²) in [5, 5.41) is 0. The third-order valence-corrected chi connectivity index (χ3v) is 7.70. The number of benzene rings is 2. The Morgan fingerprint density at radius 3 is 2.30 bits per heavy atom. The molecule has 33 heavy (non-hydrogen) atoms. The highest BCUT2D eigenvalue weighted by atomic mass is 16.2. The second-order valence-corrected chi connectivity index (χ2v) is 10.4. The summed E-state index contributed by atoms with van der Waals surface area (Å²) in [6, 6.07) is 16.8. The number of likely N-dealkylation sites (tertiary alicyclic amines) is 2. The van der Waals surface area contributed by atoms with Crippen LogP contribution in [0.5, 0.6) is 0 Å². The number of hydrogen-bond acceptors (Lipinski definition) is 2. The molecule has 0 radical (unpaired) electrons. The fourth-order valence-electron chi connectivity index (χ4n) is 5.97. The SMILES string of the molecule is Cc1cccc(C)c1CC(=O)C[N+]1(Cc2ccccc2)CCCC(C(=O)N2CCCCC2)C1. The quantitative estimate of drug-likeness (QED) is 0.569. The molecule has 2 saturated heterocycles. The van der Waals surface area contributed by atoms with E-state index in [0.717, 1.165) is 58.4 Å². The second-order valence-electron chi connectivity index (χ2n) is 10.4. The van der Waals surface area contributed by atoms with E-state index in [9.17, 15) is 9.59 Å². The van der Waals surface area contributed by atoms with Gasteiger partial charge in [-0.25, -0.2) is 0 Å². The van der Waals surface area contributed by atoms with Gasteiger partial charge in [0.25, 0.3) is 0 Å². The molecule has 4 rings (SSSR count). The Balaban J connectivity index is 1.54. The lowest BCUT2D eigenvalue weighted by Crippen LogP contribution is -2.58. The first-order valence-corrected chi connectivity index (χ1v) is 12.7. The highest BCUT2D eigenvalue weighted by Gasteiger charge is 2.41. The maximum absolute atomic E-state index is 13.4. The molecular weight excluding hydrogens is 408 g/mol. The molecule has 0 spiro atoms. The van der Waals surface area contributed by atoms with Gasteiger partial charge in [-0.1, -0.05) is 48.5 Å². The van der Waals surface area contributed by atoms with Crippen LogP contribution in [0.3, 0.4) is 0 Å². The predicted molar refractivity (Wildman–Crippen MR) is 133 cm³/mol. The maximum atomic E-state index is 13.4. The molecule has 0 aromatic heterocycles. The molecule has 2 unspecified atom stereocenters. The zero-order valence-corrected chi connectivity index (χ0v) is 20.4. The molecule has 4 heteroatoms. The zero-order valence-electron chi connectivity index (χ0n) is 20.4. The van der Waals surface area contributed by atoms with Crippen molar-refractivity contribution in [2.75, 3.05) is 32.7 Å². The van der Waals surface area contributed by atoms with Gasteiger partial charge in [-0.05, 0) is 62.6 Å². The minimum absolute atomic E-state index is 0.0357. The molecule has 4 nitrogen and oxygen atoms in total. The van der Waals surface area contributed by atoms with Gasteiger partial charge in [0, 0.05) is 25.1 Å². The van der Waals surface area contributed by atoms with Gasteiger partial charge >= 0.3 is 0 Å². The van der Waals surface area contributed by atoms with E-state index in [1.165, 1.54) is 28.7 Å². The van der Waals surface area contributed by atoms with Crippen LogP contribution in [-0.4, -0.2) is 53.8 Å². The molecule has 2 atom stereocenters. The van der Waals surface area contributed by atoms with E-state index < -0.39 is 0 Å². The Morgan fingerprint density at radius 2 is 1.61 bits per heavy atom. The van der Waals surface area contributed by atoms with Crippen molar-refractivity contribution in [2.45, 2.75) is 58.9 Å². The first-order chi connectivity index (χ1) is 16.0. The summed E-state index contributed by atoms with van der Waals surface area (Å²) in [6.45, 7) is 9.07. The monoisotopic (exact) mass is 447 g/mol. The van der Waals surface area contributed by atoms with Gasteiger partial charge < -0.3 is 9.38 Å². The van der Waals surface area contributed by atoms with Crippen molar-refractivity contribution >= 4 is 11.7 Å². The Kier molecular flexibility index (Phi) is 7.64. The molecule has 2 aliphatic heterocycles. The standard InChI is InChI=1S/C29H39N2O2/c1-23-11-9-12-24(2)28(23)19-27(32)22-31(20-25-13-5-3-6-14-25)18-10-15-26(21-31)29(33)30-16-7-4-8-17-30/h3,5-6,9,11-14,26H,4,7-8,10,15-22H2,1-2H3/q+1. The summed E-state index contributed by atoms with van der Waals surface area (Å²) >= 11 is 0. The topological polar surface area (TPSA) is 37.4 Å². The van der Waals surface area contributed by atoms with Crippen LogP contribution in [-0.2, 0) is 22.6 Å². The molecule has 0 N–H and O–H groups in total. The number of quaternary nitrogens is 1. The number of amides is 1. The summed E-state index contributed by atoms with van der Waals surface area (Å²) in [5.41, 5.74) is 4.80. The molecule has 0 saturated carbocycles. The van der Waals surface area contributed by atoms with Crippen LogP contribution in [0.2, 0.25) is 0 Å². The molecule has 2 aromatic rings. The summed E-state index contributed by atoms with van der Waals surface area (Å²) in [7, 11) is 0. The Bertz CT molecular complexity index is 945. The minimum Gasteiger partial charge on any atom is -0.342 e. The molecular formula is C29H39N2O2+. The van der Waals surface area contributed by atoms with Crippen molar-refractivity contribution in [3.63, 3.8) is 0 Å². The normalized spacial score (nSPS) is 23.3. The van der Waals surface area contributed by atoms with Crippen LogP contribution in [0, 0.1) is 19.8 Å². The lowest BCUT2D eigenvalue weighted by molar-refractivity contribution is -0.940. The van der Waals surface area contributed by atoms with Crippen molar-refractivity contribution in [3.05, 3.63) is 70.8 Å². The number of piperidine rings is 2. The van der Waals surface area contributed by atoms with Crippen molar-refractivity contribution in [3.8, 4) is 0 Å². The van der Waals surface area contributed by atoms with Crippen molar-refractivity contribution in [1.82, 2.24) is 4.90 Å². The summed E-state index contributed by atoms with van der Waals surface area (Å²) in [6.07, 6.45) is 5.92. The zero-order chi connectivity index (χ0) is 23.3. The van der Waals surface area contributed by atoms with E-state index in [4.69, 9.17) is 0 Å². The van der Waals surface area contributed by atoms with E-state index in [1.807, 2.05) is 6.07 Å². The average Bonchev–Trinajstić information content (AvgIpc) is 2.82. The first kappa shape index (κ1) is 23.7. The number of Topliss-reactive ketones (excluding diaryl/α,β-unsaturated/α-hetero) is 1. The third-order valence-electron chi connectivity index (χ3n) is 7.70. The average molecular weight is 448 g/mol. The van der Waals surface area contributed by atoms with Crippen LogP contribution in [0.25, 0.3) is 0 Å². The van der Waals surface area contributed by atoms with Crippen molar-refractivity contribution in [2.24, 2.45) is 5.92 Å². The minimum atomic E-state index is 0.0357. The number of carbonyl (C=O) groups excluding carboxylic acids is 2. The van der Waals surface area contributed by atoms with Gasteiger partial charge in [-0.3, -0.25) is 9.59 Å². The molecule has 0 bridgehead atoms. The molecule has 2 fully saturated rings. The number of rotatable bonds is 7. The lowest BCUT2D eigenvalue weighted by Gasteiger charge is -2.45. The molecule has 0 aliphatic carbocycles. The second kappa shape index (κ2) is 10.6. The van der Waals surface area contributed by atoms with Crippen LogP contribution in [0.15, 0.2) is 48.5 Å². The van der Waals surface area contributed by atoms with Crippen LogP contribution in [0.4, 0.5) is 0 Å². The molecule has 2 heterocycles. The Hall–Kier alpha value is -2.46. The number of carbonyl (C=O) groups is 2. The van der Waals surface area contributed by atoms with E-state index in [0.29, 0.717) is 23.4 Å². The van der Waals surface area contributed by atoms with Crippen molar-refractivity contribution in [1.29, 1.82) is 0 Å². The van der Waals surface area contributed by atoms with E-state index in [2.05, 4.69) is 61.2 Å². The smallest absolute Gasteiger partial charge is 0.231 e. The van der Waals surface area contributed by atoms with Gasteiger partial charge in [-0.2, -0.15) is 0 Å². The number of ketones is 1. The molecule has 176 valence electrons. The van der Waals surface area contributed by atoms with E-state index in [1.54, 1.807) is 0 Å². The molecule has 2 aromatic carbocycles. The number of nitrogens with zero attached hydrogens (tertiary/aromatic N) is 2. The third kappa shape index (κ3) is 5.92. The summed E-state index contributed by atoms with van der Waals surface area (Å²) < 4.78 is 0.706. The van der Waals surface area contributed by atoms with Gasteiger partial charge in [0.1, 0.15) is 13.1 Å². The molecule has 2 aliphatic rings. The highest BCUT2D eigenvalue weighted by Crippen LogP contribution is 2.29. The maximum Gasteiger partial charge on any atom is 0.231 e. The summed E-state index contributed by atoms with van der Waals surface area (Å²) in [5.74, 6) is 0.648. The van der Waals surface area contributed by atoms with Gasteiger partial charge in [0.2, 0.25) is 5.91 Å². The highest BCUT2D eigenvalue weighted by molar-refractivity contribution is 5.83. The van der Waals surface area contributed by atoms with Gasteiger partial charge in [0.15, 0.2) is 5.78 Å². The predicted octanol–water partition coefficient (Wildman–Crippen LogP) is 4.85. The Morgan fingerprint density at radius 1 is 0.909 bits per heavy atom. The van der Waals surface area contributed by atoms with Gasteiger partial charge in [0.05, 0.1) is 19.0 Å². The van der Waals surface area contributed by atoms with Crippen LogP contribution >= 0.6 is 0 Å². The van der Waals surface area contributed by atoms with Crippen molar-refractivity contribution < 1.29 is 14.1 Å². The van der Waals surface area contributed by atoms with Crippen LogP contribution in [0.1, 0.15) is 54.4 Å². The van der Waals surface area contributed by atoms with Crippen LogP contribution < -0.4 is 0 Å². The largest absolute Gasteiger partial charge is 0.342 e. The number of hydrogen-bond donors (Lipinski definition) is 0. The first-order valence-electron chi connectivity index (χ1n) is 12.7. The lowest BCUT2D eigenvalue weighted by atomic mass is 9.91. The fourth-order valence-corrected chi connectivity index (χ4v) is 5.97. The fraction of sp³-hybridized carbons (Fsp3) is 0.517. The van der Waals surface area contributed by atoms with E-state index >= 15 is 0 Å². The van der Waals surface area contributed by atoms with Gasteiger partial charge in [-0.15, -0.1) is 0 Å².